The lowest BCUT2D eigenvalue weighted by Crippen LogP contribution is -2.34. The van der Waals surface area contributed by atoms with E-state index in [4.69, 9.17) is 22.1 Å². The van der Waals surface area contributed by atoms with Crippen LogP contribution in [0.15, 0.2) is 18.2 Å². The van der Waals surface area contributed by atoms with Crippen LogP contribution in [0.3, 0.4) is 0 Å². The molecule has 0 aromatic heterocycles. The van der Waals surface area contributed by atoms with Gasteiger partial charge in [0.25, 0.3) is 0 Å². The first-order chi connectivity index (χ1) is 7.73. The number of hydrogen-bond acceptors (Lipinski definition) is 2. The number of rotatable bonds is 3. The van der Waals surface area contributed by atoms with Gasteiger partial charge in [-0.2, -0.15) is 13.2 Å². The van der Waals surface area contributed by atoms with Crippen LogP contribution in [0.5, 0.6) is 0 Å². The Morgan fingerprint density at radius 2 is 1.76 bits per heavy atom. The molecule has 6 heteroatoms. The van der Waals surface area contributed by atoms with E-state index >= 15 is 0 Å². The highest BCUT2D eigenvalue weighted by Gasteiger charge is 2.33. The van der Waals surface area contributed by atoms with Gasteiger partial charge in [0.1, 0.15) is 5.60 Å². The van der Waals surface area contributed by atoms with Crippen molar-refractivity contribution in [2.24, 2.45) is 5.73 Å². The average Bonchev–Trinajstić information content (AvgIpc) is 2.26. The number of benzene rings is 1. The summed E-state index contributed by atoms with van der Waals surface area (Å²) in [6.45, 7) is 1.67. The van der Waals surface area contributed by atoms with Crippen LogP contribution in [0.4, 0.5) is 13.2 Å². The normalized spacial score (nSPS) is 15.7. The SMILES string of the molecule is COC(C)(CN)c1cc(Cl)cc(C(F)(F)F)c1. The first-order valence-corrected chi connectivity index (χ1v) is 5.24. The molecule has 0 radical (unpaired) electrons. The van der Waals surface area contributed by atoms with Crippen molar-refractivity contribution in [1.29, 1.82) is 0 Å². The zero-order valence-corrected chi connectivity index (χ0v) is 10.2. The molecular formula is C11H13ClF3NO. The Hall–Kier alpha value is -0.780. The van der Waals surface area contributed by atoms with E-state index in [1.807, 2.05) is 0 Å². The minimum absolute atomic E-state index is 0.00606. The number of alkyl halides is 3. The summed E-state index contributed by atoms with van der Waals surface area (Å²) in [6, 6.07) is 3.30. The molecule has 1 unspecified atom stereocenters. The molecule has 0 saturated heterocycles. The maximum Gasteiger partial charge on any atom is 0.416 e. The second-order valence-electron chi connectivity index (χ2n) is 3.87. The number of halogens is 4. The largest absolute Gasteiger partial charge is 0.416 e. The van der Waals surface area contributed by atoms with Gasteiger partial charge in [-0.15, -0.1) is 0 Å². The molecular weight excluding hydrogens is 255 g/mol. The summed E-state index contributed by atoms with van der Waals surface area (Å²) >= 11 is 5.68. The van der Waals surface area contributed by atoms with Crippen LogP contribution in [0, 0.1) is 0 Å². The minimum atomic E-state index is -4.44. The van der Waals surface area contributed by atoms with Crippen LogP contribution in [-0.2, 0) is 16.5 Å². The Balaban J connectivity index is 3.32. The van der Waals surface area contributed by atoms with Crippen molar-refractivity contribution in [3.63, 3.8) is 0 Å². The molecule has 0 aliphatic rings. The summed E-state index contributed by atoms with van der Waals surface area (Å²) in [5.74, 6) is 0. The van der Waals surface area contributed by atoms with E-state index in [-0.39, 0.29) is 11.6 Å². The quantitative estimate of drug-likeness (QED) is 0.913. The molecule has 96 valence electrons. The van der Waals surface area contributed by atoms with Gasteiger partial charge in [-0.3, -0.25) is 0 Å². The van der Waals surface area contributed by atoms with Crippen molar-refractivity contribution < 1.29 is 17.9 Å². The summed E-state index contributed by atoms with van der Waals surface area (Å²) in [7, 11) is 1.39. The Morgan fingerprint density at radius 3 is 2.18 bits per heavy atom. The fraction of sp³-hybridized carbons (Fsp3) is 0.455. The lowest BCUT2D eigenvalue weighted by molar-refractivity contribution is -0.137. The second kappa shape index (κ2) is 4.84. The highest BCUT2D eigenvalue weighted by atomic mass is 35.5. The molecule has 17 heavy (non-hydrogen) atoms. The van der Waals surface area contributed by atoms with Gasteiger partial charge in [-0.05, 0) is 30.7 Å². The molecule has 0 aliphatic carbocycles. The average molecular weight is 268 g/mol. The standard InChI is InChI=1S/C11H13ClF3NO/c1-10(6-16,17-2)7-3-8(11(13,14)15)5-9(12)4-7/h3-5H,6,16H2,1-2H3. The zero-order chi connectivity index (χ0) is 13.3. The van der Waals surface area contributed by atoms with Crippen LogP contribution >= 0.6 is 11.6 Å². The number of nitrogens with two attached hydrogens (primary N) is 1. The number of ether oxygens (including phenoxy) is 1. The van der Waals surface area contributed by atoms with Gasteiger partial charge in [-0.1, -0.05) is 11.6 Å². The van der Waals surface area contributed by atoms with Crippen molar-refractivity contribution in [2.75, 3.05) is 13.7 Å². The van der Waals surface area contributed by atoms with E-state index in [0.29, 0.717) is 5.56 Å². The summed E-state index contributed by atoms with van der Waals surface area (Å²) < 4.78 is 43.0. The van der Waals surface area contributed by atoms with Crippen molar-refractivity contribution >= 4 is 11.6 Å². The van der Waals surface area contributed by atoms with Crippen LogP contribution in [0.25, 0.3) is 0 Å². The lowest BCUT2D eigenvalue weighted by atomic mass is 9.94. The Kier molecular flexibility index (Phi) is 4.06. The Labute approximate surface area is 103 Å². The van der Waals surface area contributed by atoms with Crippen LogP contribution in [-0.4, -0.2) is 13.7 Å². The van der Waals surface area contributed by atoms with E-state index in [1.54, 1.807) is 6.92 Å². The van der Waals surface area contributed by atoms with Crippen molar-refractivity contribution in [3.8, 4) is 0 Å². The molecule has 0 spiro atoms. The Bertz CT molecular complexity index is 402. The summed E-state index contributed by atoms with van der Waals surface area (Å²) in [5, 5.41) is 0.00606. The predicted molar refractivity (Wildman–Crippen MR) is 59.9 cm³/mol. The maximum absolute atomic E-state index is 12.6. The molecule has 1 aromatic rings. The van der Waals surface area contributed by atoms with Gasteiger partial charge >= 0.3 is 6.18 Å². The van der Waals surface area contributed by atoms with Crippen molar-refractivity contribution in [3.05, 3.63) is 34.3 Å². The number of hydrogen-bond donors (Lipinski definition) is 1. The summed E-state index contributed by atoms with van der Waals surface area (Å²) in [5.41, 5.74) is 4.03. The fourth-order valence-electron chi connectivity index (χ4n) is 1.38. The van der Waals surface area contributed by atoms with E-state index in [2.05, 4.69) is 0 Å². The third kappa shape index (κ3) is 3.12. The Morgan fingerprint density at radius 1 is 1.24 bits per heavy atom. The van der Waals surface area contributed by atoms with E-state index in [0.717, 1.165) is 12.1 Å². The molecule has 1 rings (SSSR count). The monoisotopic (exact) mass is 267 g/mol. The van der Waals surface area contributed by atoms with Crippen molar-refractivity contribution in [2.45, 2.75) is 18.7 Å². The third-order valence-electron chi connectivity index (χ3n) is 2.68. The maximum atomic E-state index is 12.6. The van der Waals surface area contributed by atoms with E-state index in [9.17, 15) is 13.2 Å². The molecule has 2 N–H and O–H groups in total. The zero-order valence-electron chi connectivity index (χ0n) is 9.44. The minimum Gasteiger partial charge on any atom is -0.372 e. The second-order valence-corrected chi connectivity index (χ2v) is 4.30. The first kappa shape index (κ1) is 14.3. The highest BCUT2D eigenvalue weighted by Crippen LogP contribution is 2.35. The molecule has 2 nitrogen and oxygen atoms in total. The smallest absolute Gasteiger partial charge is 0.372 e. The fourth-order valence-corrected chi connectivity index (χ4v) is 1.61. The van der Waals surface area contributed by atoms with Gasteiger partial charge in [0.2, 0.25) is 0 Å². The van der Waals surface area contributed by atoms with Crippen LogP contribution in [0.1, 0.15) is 18.1 Å². The van der Waals surface area contributed by atoms with Gasteiger partial charge in [0.05, 0.1) is 5.56 Å². The summed E-state index contributed by atoms with van der Waals surface area (Å²) in [6.07, 6.45) is -4.44. The van der Waals surface area contributed by atoms with Gasteiger partial charge in [0.15, 0.2) is 0 Å². The summed E-state index contributed by atoms with van der Waals surface area (Å²) in [4.78, 5) is 0. The molecule has 0 heterocycles. The molecule has 0 aliphatic heterocycles. The molecule has 1 aromatic carbocycles. The molecule has 1 atom stereocenters. The molecule has 0 saturated carbocycles. The lowest BCUT2D eigenvalue weighted by Gasteiger charge is -2.27. The van der Waals surface area contributed by atoms with Gasteiger partial charge < -0.3 is 10.5 Å². The molecule has 0 bridgehead atoms. The van der Waals surface area contributed by atoms with Gasteiger partial charge in [-0.25, -0.2) is 0 Å². The van der Waals surface area contributed by atoms with Crippen LogP contribution in [0.2, 0.25) is 5.02 Å². The molecule has 0 amide bonds. The van der Waals surface area contributed by atoms with E-state index in [1.165, 1.54) is 13.2 Å². The first-order valence-electron chi connectivity index (χ1n) is 4.86. The number of methoxy groups -OCH3 is 1. The molecule has 0 fully saturated rings. The third-order valence-corrected chi connectivity index (χ3v) is 2.89. The topological polar surface area (TPSA) is 35.2 Å². The van der Waals surface area contributed by atoms with Crippen molar-refractivity contribution in [1.82, 2.24) is 0 Å². The predicted octanol–water partition coefficient (Wildman–Crippen LogP) is 3.18. The van der Waals surface area contributed by atoms with Crippen LogP contribution < -0.4 is 5.73 Å². The van der Waals surface area contributed by atoms with E-state index < -0.39 is 17.3 Å². The highest BCUT2D eigenvalue weighted by molar-refractivity contribution is 6.30. The van der Waals surface area contributed by atoms with Gasteiger partial charge in [0, 0.05) is 18.7 Å².